The van der Waals surface area contributed by atoms with Gasteiger partial charge in [-0.15, -0.1) is 0 Å². The molecule has 3 heterocycles. The molecule has 1 atom stereocenters. The van der Waals surface area contributed by atoms with E-state index in [1.54, 1.807) is 13.8 Å². The van der Waals surface area contributed by atoms with Crippen molar-refractivity contribution in [3.63, 3.8) is 0 Å². The topological polar surface area (TPSA) is 112 Å². The molecular weight excluding hydrogens is 346 g/mol. The maximum atomic E-state index is 11.9. The molecule has 2 aromatic heterocycles. The van der Waals surface area contributed by atoms with E-state index in [4.69, 9.17) is 4.74 Å². The van der Waals surface area contributed by atoms with Gasteiger partial charge >= 0.3 is 5.97 Å². The summed E-state index contributed by atoms with van der Waals surface area (Å²) in [5, 5.41) is 9.55. The number of carbonyl (C=O) groups excluding carboxylic acids is 1. The molecule has 27 heavy (non-hydrogen) atoms. The van der Waals surface area contributed by atoms with Crippen molar-refractivity contribution in [3.8, 4) is 6.07 Å². The standard InChI is InChI=1S/C19H21N5O3/c1-11-15(19(26)27-3)7-14(9-20)18(21-11)24-6-4-5-13(10-24)16-8-17(25)23-12(2)22-16/h7-8,13H,4-6,10H2,1-3H3,(H,22,23,25)/t13-/m1/s1. The zero-order chi connectivity index (χ0) is 19.6. The van der Waals surface area contributed by atoms with E-state index in [-0.39, 0.29) is 11.5 Å². The molecule has 0 amide bonds. The fourth-order valence-corrected chi connectivity index (χ4v) is 3.46. The average molecular weight is 367 g/mol. The second kappa shape index (κ2) is 7.58. The van der Waals surface area contributed by atoms with Crippen LogP contribution in [0.5, 0.6) is 0 Å². The Kier molecular flexibility index (Phi) is 5.21. The second-order valence-corrected chi connectivity index (χ2v) is 6.64. The molecule has 1 aliphatic heterocycles. The van der Waals surface area contributed by atoms with E-state index in [1.165, 1.54) is 19.2 Å². The zero-order valence-electron chi connectivity index (χ0n) is 15.6. The van der Waals surface area contributed by atoms with Gasteiger partial charge in [0.25, 0.3) is 5.56 Å². The fourth-order valence-electron chi connectivity index (χ4n) is 3.46. The Morgan fingerprint density at radius 3 is 2.81 bits per heavy atom. The first kappa shape index (κ1) is 18.6. The van der Waals surface area contributed by atoms with Gasteiger partial charge in [0.05, 0.1) is 29.6 Å². The number of anilines is 1. The molecule has 1 fully saturated rings. The Morgan fingerprint density at radius 2 is 2.15 bits per heavy atom. The predicted octanol–water partition coefficient (Wildman–Crippen LogP) is 1.82. The molecule has 2 aromatic rings. The van der Waals surface area contributed by atoms with E-state index in [9.17, 15) is 14.9 Å². The average Bonchev–Trinajstić information content (AvgIpc) is 2.66. The molecule has 1 aliphatic rings. The molecule has 0 spiro atoms. The van der Waals surface area contributed by atoms with Crippen LogP contribution in [0.2, 0.25) is 0 Å². The van der Waals surface area contributed by atoms with Gasteiger partial charge < -0.3 is 14.6 Å². The Balaban J connectivity index is 1.94. The molecule has 3 rings (SSSR count). The molecule has 8 heteroatoms. The van der Waals surface area contributed by atoms with Gasteiger partial charge in [0, 0.05) is 25.1 Å². The fraction of sp³-hybridized carbons (Fsp3) is 0.421. The van der Waals surface area contributed by atoms with Crippen LogP contribution in [-0.2, 0) is 4.74 Å². The number of H-pyrrole nitrogens is 1. The van der Waals surface area contributed by atoms with Crippen molar-refractivity contribution in [1.29, 1.82) is 5.26 Å². The molecule has 1 saturated heterocycles. The van der Waals surface area contributed by atoms with Crippen LogP contribution in [0.4, 0.5) is 5.82 Å². The van der Waals surface area contributed by atoms with E-state index in [0.29, 0.717) is 35.0 Å². The number of pyridine rings is 1. The Morgan fingerprint density at radius 1 is 1.37 bits per heavy atom. The molecule has 0 saturated carbocycles. The van der Waals surface area contributed by atoms with Gasteiger partial charge in [-0.25, -0.2) is 14.8 Å². The van der Waals surface area contributed by atoms with Crippen molar-refractivity contribution in [2.24, 2.45) is 0 Å². The number of aryl methyl sites for hydroxylation is 2. The second-order valence-electron chi connectivity index (χ2n) is 6.64. The van der Waals surface area contributed by atoms with Crippen LogP contribution in [0.15, 0.2) is 16.9 Å². The van der Waals surface area contributed by atoms with Gasteiger partial charge in [-0.3, -0.25) is 4.79 Å². The third-order valence-electron chi connectivity index (χ3n) is 4.74. The largest absolute Gasteiger partial charge is 0.465 e. The van der Waals surface area contributed by atoms with Crippen molar-refractivity contribution in [2.45, 2.75) is 32.6 Å². The number of ether oxygens (including phenoxy) is 1. The smallest absolute Gasteiger partial charge is 0.339 e. The molecule has 0 unspecified atom stereocenters. The maximum Gasteiger partial charge on any atom is 0.339 e. The lowest BCUT2D eigenvalue weighted by molar-refractivity contribution is 0.0599. The first-order valence-corrected chi connectivity index (χ1v) is 8.75. The van der Waals surface area contributed by atoms with Crippen molar-refractivity contribution < 1.29 is 9.53 Å². The van der Waals surface area contributed by atoms with E-state index in [1.807, 2.05) is 4.90 Å². The minimum atomic E-state index is -0.511. The lowest BCUT2D eigenvalue weighted by atomic mass is 9.94. The van der Waals surface area contributed by atoms with Crippen molar-refractivity contribution in [2.75, 3.05) is 25.1 Å². The minimum Gasteiger partial charge on any atom is -0.465 e. The van der Waals surface area contributed by atoms with E-state index in [0.717, 1.165) is 25.1 Å². The summed E-state index contributed by atoms with van der Waals surface area (Å²) in [5.74, 6) is 0.703. The number of nitrogens with one attached hydrogen (secondary N) is 1. The van der Waals surface area contributed by atoms with Gasteiger partial charge in [0.1, 0.15) is 17.7 Å². The first-order chi connectivity index (χ1) is 12.9. The molecule has 8 nitrogen and oxygen atoms in total. The zero-order valence-corrected chi connectivity index (χ0v) is 15.6. The highest BCUT2D eigenvalue weighted by atomic mass is 16.5. The number of hydrogen-bond donors (Lipinski definition) is 1. The van der Waals surface area contributed by atoms with E-state index < -0.39 is 5.97 Å². The van der Waals surface area contributed by atoms with Crippen LogP contribution in [0.3, 0.4) is 0 Å². The van der Waals surface area contributed by atoms with Crippen LogP contribution in [0, 0.1) is 25.2 Å². The number of nitriles is 1. The van der Waals surface area contributed by atoms with E-state index in [2.05, 4.69) is 21.0 Å². The number of rotatable bonds is 3. The predicted molar refractivity (Wildman–Crippen MR) is 98.8 cm³/mol. The Hall–Kier alpha value is -3.21. The van der Waals surface area contributed by atoms with Crippen LogP contribution < -0.4 is 10.5 Å². The third-order valence-corrected chi connectivity index (χ3v) is 4.74. The van der Waals surface area contributed by atoms with Crippen LogP contribution in [-0.4, -0.2) is 41.1 Å². The lowest BCUT2D eigenvalue weighted by Gasteiger charge is -2.34. The number of esters is 1. The monoisotopic (exact) mass is 367 g/mol. The first-order valence-electron chi connectivity index (χ1n) is 8.75. The normalized spacial score (nSPS) is 16.7. The quantitative estimate of drug-likeness (QED) is 0.824. The molecule has 0 aromatic carbocycles. The summed E-state index contributed by atoms with van der Waals surface area (Å²) in [5.41, 5.74) is 1.73. The minimum absolute atomic E-state index is 0.0775. The molecule has 0 radical (unpaired) electrons. The summed E-state index contributed by atoms with van der Waals surface area (Å²) < 4.78 is 4.76. The number of hydrogen-bond acceptors (Lipinski definition) is 7. The van der Waals surface area contributed by atoms with Crippen molar-refractivity contribution in [1.82, 2.24) is 15.0 Å². The molecule has 140 valence electrons. The summed E-state index contributed by atoms with van der Waals surface area (Å²) in [4.78, 5) is 37.3. The van der Waals surface area contributed by atoms with Crippen molar-refractivity contribution in [3.05, 3.63) is 50.8 Å². The highest BCUT2D eigenvalue weighted by Gasteiger charge is 2.26. The summed E-state index contributed by atoms with van der Waals surface area (Å²) in [6.45, 7) is 4.83. The van der Waals surface area contributed by atoms with Gasteiger partial charge in [0.15, 0.2) is 0 Å². The Bertz CT molecular complexity index is 976. The number of piperidine rings is 1. The summed E-state index contributed by atoms with van der Waals surface area (Å²) >= 11 is 0. The highest BCUT2D eigenvalue weighted by Crippen LogP contribution is 2.30. The molecular formula is C19H21N5O3. The van der Waals surface area contributed by atoms with Gasteiger partial charge in [-0.05, 0) is 32.8 Å². The highest BCUT2D eigenvalue weighted by molar-refractivity contribution is 5.91. The number of nitrogens with zero attached hydrogens (tertiary/aromatic N) is 4. The maximum absolute atomic E-state index is 11.9. The van der Waals surface area contributed by atoms with Gasteiger partial charge in [-0.2, -0.15) is 5.26 Å². The number of methoxy groups -OCH3 is 1. The van der Waals surface area contributed by atoms with Crippen LogP contribution >= 0.6 is 0 Å². The molecule has 0 aliphatic carbocycles. The van der Waals surface area contributed by atoms with E-state index >= 15 is 0 Å². The Labute approximate surface area is 156 Å². The third kappa shape index (κ3) is 3.82. The van der Waals surface area contributed by atoms with Gasteiger partial charge in [-0.1, -0.05) is 0 Å². The SMILES string of the molecule is COC(=O)c1cc(C#N)c(N2CCC[C@@H](c3cc(=O)[nH]c(C)n3)C2)nc1C. The summed E-state index contributed by atoms with van der Waals surface area (Å²) in [6, 6.07) is 5.19. The number of aromatic amines is 1. The van der Waals surface area contributed by atoms with Crippen molar-refractivity contribution >= 4 is 11.8 Å². The summed E-state index contributed by atoms with van der Waals surface area (Å²) in [6.07, 6.45) is 1.80. The summed E-state index contributed by atoms with van der Waals surface area (Å²) in [7, 11) is 1.30. The van der Waals surface area contributed by atoms with Crippen LogP contribution in [0.25, 0.3) is 0 Å². The molecule has 1 N–H and O–H groups in total. The lowest BCUT2D eigenvalue weighted by Crippen LogP contribution is -2.36. The van der Waals surface area contributed by atoms with Gasteiger partial charge in [0.2, 0.25) is 0 Å². The number of aromatic nitrogens is 3. The number of carbonyl (C=O) groups is 1. The van der Waals surface area contributed by atoms with Crippen LogP contribution in [0.1, 0.15) is 51.9 Å². The molecule has 0 bridgehead atoms.